The Bertz CT molecular complexity index is 1090. The molecule has 2 aromatic heterocycles. The fourth-order valence-corrected chi connectivity index (χ4v) is 5.68. The van der Waals surface area contributed by atoms with E-state index in [0.29, 0.717) is 47.1 Å². The maximum Gasteiger partial charge on any atom is 0.282 e. The molecule has 0 saturated heterocycles. The second-order valence-electron chi connectivity index (χ2n) is 10.0. The highest BCUT2D eigenvalue weighted by Crippen LogP contribution is 2.56. The van der Waals surface area contributed by atoms with Gasteiger partial charge in [0.2, 0.25) is 16.0 Å². The molecule has 182 valence electrons. The monoisotopic (exact) mass is 486 g/mol. The van der Waals surface area contributed by atoms with Gasteiger partial charge in [-0.3, -0.25) is 9.59 Å². The minimum absolute atomic E-state index is 0.00195. The minimum Gasteiger partial charge on any atom is -0.474 e. The van der Waals surface area contributed by atoms with Crippen molar-refractivity contribution < 1.29 is 19.1 Å². The maximum atomic E-state index is 12.5. The van der Waals surface area contributed by atoms with Crippen LogP contribution in [0.2, 0.25) is 0 Å². The number of rotatable bonds is 8. The number of fused-ring (bicyclic) bond motifs is 1. The number of ether oxygens (including phenoxy) is 2. The molecular weight excluding hydrogens is 456 g/mol. The molecule has 5 rings (SSSR count). The fraction of sp³-hybridized carbons (Fsp3) is 0.609. The van der Waals surface area contributed by atoms with Crippen LogP contribution >= 0.6 is 11.3 Å². The Morgan fingerprint density at radius 3 is 2.82 bits per heavy atom. The van der Waals surface area contributed by atoms with Gasteiger partial charge in [0.15, 0.2) is 0 Å². The molecule has 11 heteroatoms. The molecule has 0 unspecified atom stereocenters. The molecule has 0 atom stereocenters. The van der Waals surface area contributed by atoms with E-state index >= 15 is 0 Å². The first-order valence-corrected chi connectivity index (χ1v) is 12.6. The predicted octanol–water partition coefficient (Wildman–Crippen LogP) is 2.29. The quantitative estimate of drug-likeness (QED) is 0.516. The zero-order valence-electron chi connectivity index (χ0n) is 19.4. The lowest BCUT2D eigenvalue weighted by molar-refractivity contribution is -0.0849. The molecule has 3 aliphatic rings. The molecule has 2 amide bonds. The smallest absolute Gasteiger partial charge is 0.282 e. The van der Waals surface area contributed by atoms with Gasteiger partial charge in [0, 0.05) is 24.6 Å². The summed E-state index contributed by atoms with van der Waals surface area (Å²) in [6, 6.07) is 1.88. The molecule has 2 saturated carbocycles. The number of nitrogens with two attached hydrogens (primary N) is 1. The van der Waals surface area contributed by atoms with Crippen molar-refractivity contribution in [2.75, 3.05) is 18.5 Å². The highest BCUT2D eigenvalue weighted by atomic mass is 32.1. The Balaban J connectivity index is 1.11. The van der Waals surface area contributed by atoms with Gasteiger partial charge >= 0.3 is 0 Å². The van der Waals surface area contributed by atoms with Crippen molar-refractivity contribution >= 4 is 28.3 Å². The summed E-state index contributed by atoms with van der Waals surface area (Å²) in [7, 11) is 0. The van der Waals surface area contributed by atoms with Crippen molar-refractivity contribution in [3.8, 4) is 5.88 Å². The first kappa shape index (κ1) is 23.0. The molecule has 34 heavy (non-hydrogen) atoms. The molecule has 0 bridgehead atoms. The van der Waals surface area contributed by atoms with Crippen molar-refractivity contribution in [1.29, 1.82) is 0 Å². The summed E-state index contributed by atoms with van der Waals surface area (Å²) in [5, 5.41) is 15.4. The van der Waals surface area contributed by atoms with Gasteiger partial charge in [0.05, 0.1) is 18.9 Å². The largest absolute Gasteiger partial charge is 0.474 e. The number of anilines is 1. The predicted molar refractivity (Wildman–Crippen MR) is 126 cm³/mol. The van der Waals surface area contributed by atoms with Gasteiger partial charge in [0.25, 0.3) is 11.8 Å². The molecule has 1 spiro atoms. The SMILES string of the molecule is CC(C)CNc1nnc(C(=O)N[C@H]2CC3(C2)C[C@H](Oc2nc4c(cc2C(N)=O)COCC4)C3)s1. The first-order chi connectivity index (χ1) is 16.3. The molecule has 0 aromatic carbocycles. The van der Waals surface area contributed by atoms with E-state index in [9.17, 15) is 9.59 Å². The highest BCUT2D eigenvalue weighted by molar-refractivity contribution is 7.17. The number of aromatic nitrogens is 3. The summed E-state index contributed by atoms with van der Waals surface area (Å²) in [6.07, 6.45) is 4.27. The van der Waals surface area contributed by atoms with Crippen molar-refractivity contribution in [1.82, 2.24) is 20.5 Å². The van der Waals surface area contributed by atoms with E-state index in [2.05, 4.69) is 39.7 Å². The molecule has 10 nitrogen and oxygen atoms in total. The number of hydrogen-bond acceptors (Lipinski definition) is 9. The number of carbonyl (C=O) groups is 2. The second-order valence-corrected chi connectivity index (χ2v) is 11.0. The van der Waals surface area contributed by atoms with Gasteiger partial charge < -0.3 is 25.8 Å². The molecule has 1 aliphatic heterocycles. The number of primary amides is 1. The van der Waals surface area contributed by atoms with Crippen molar-refractivity contribution in [3.05, 3.63) is 27.9 Å². The van der Waals surface area contributed by atoms with Crippen LogP contribution < -0.4 is 21.1 Å². The van der Waals surface area contributed by atoms with Crippen LogP contribution in [0.15, 0.2) is 6.07 Å². The van der Waals surface area contributed by atoms with Crippen LogP contribution in [0.25, 0.3) is 0 Å². The number of pyridine rings is 1. The lowest BCUT2D eigenvalue weighted by Crippen LogP contribution is -2.58. The van der Waals surface area contributed by atoms with E-state index in [0.717, 1.165) is 43.5 Å². The summed E-state index contributed by atoms with van der Waals surface area (Å²) in [4.78, 5) is 29.0. The topological polar surface area (TPSA) is 141 Å². The number of amides is 2. The Hall–Kier alpha value is -2.79. The average Bonchev–Trinajstić information content (AvgIpc) is 3.23. The summed E-state index contributed by atoms with van der Waals surface area (Å²) >= 11 is 1.28. The Morgan fingerprint density at radius 1 is 1.29 bits per heavy atom. The lowest BCUT2D eigenvalue weighted by Gasteiger charge is -2.57. The molecule has 2 fully saturated rings. The van der Waals surface area contributed by atoms with Gasteiger partial charge in [-0.25, -0.2) is 4.98 Å². The molecule has 2 aromatic rings. The van der Waals surface area contributed by atoms with Crippen LogP contribution in [-0.4, -0.2) is 52.3 Å². The standard InChI is InChI=1S/C23H30N6O4S/c1-12(2)10-25-22-29-28-21(34-22)19(31)26-14-6-23(7-14)8-15(9-23)33-20-16(18(24)30)5-13-11-32-4-3-17(13)27-20/h5,12,14-15H,3-4,6-11H2,1-2H3,(H2,24,30)(H,25,29)(H,26,31)/t14-,15-,23?. The Kier molecular flexibility index (Phi) is 6.15. The lowest BCUT2D eigenvalue weighted by atomic mass is 9.53. The molecule has 0 radical (unpaired) electrons. The van der Waals surface area contributed by atoms with E-state index in [1.54, 1.807) is 6.07 Å². The van der Waals surface area contributed by atoms with Crippen molar-refractivity contribution in [2.24, 2.45) is 17.1 Å². The van der Waals surface area contributed by atoms with Gasteiger partial charge in [-0.2, -0.15) is 0 Å². The van der Waals surface area contributed by atoms with Gasteiger partial charge in [-0.1, -0.05) is 25.2 Å². The van der Waals surface area contributed by atoms with Gasteiger partial charge in [0.1, 0.15) is 11.7 Å². The van der Waals surface area contributed by atoms with E-state index in [4.69, 9.17) is 15.2 Å². The van der Waals surface area contributed by atoms with Crippen LogP contribution in [0, 0.1) is 11.3 Å². The number of nitrogens with zero attached hydrogens (tertiary/aromatic N) is 3. The summed E-state index contributed by atoms with van der Waals surface area (Å²) < 4.78 is 11.6. The van der Waals surface area contributed by atoms with E-state index in [1.165, 1.54) is 11.3 Å². The minimum atomic E-state index is -0.546. The number of hydrogen-bond donors (Lipinski definition) is 3. The zero-order chi connectivity index (χ0) is 23.9. The summed E-state index contributed by atoms with van der Waals surface area (Å²) in [5.41, 5.74) is 7.86. The normalized spacial score (nSPS) is 25.3. The molecular formula is C23H30N6O4S. The van der Waals surface area contributed by atoms with Crippen LogP contribution in [-0.2, 0) is 17.8 Å². The zero-order valence-corrected chi connectivity index (χ0v) is 20.2. The van der Waals surface area contributed by atoms with Crippen molar-refractivity contribution in [2.45, 2.75) is 64.7 Å². The highest BCUT2D eigenvalue weighted by Gasteiger charge is 2.54. The number of nitrogens with one attached hydrogen (secondary N) is 2. The van der Waals surface area contributed by atoms with Gasteiger partial charge in [-0.15, -0.1) is 10.2 Å². The van der Waals surface area contributed by atoms with Crippen LogP contribution in [0.5, 0.6) is 5.88 Å². The fourth-order valence-electron chi connectivity index (χ4n) is 5.03. The number of carbonyl (C=O) groups excluding carboxylic acids is 2. The second kappa shape index (κ2) is 9.10. The third-order valence-electron chi connectivity index (χ3n) is 6.74. The third kappa shape index (κ3) is 4.72. The molecule has 2 aliphatic carbocycles. The third-order valence-corrected chi connectivity index (χ3v) is 7.62. The van der Waals surface area contributed by atoms with Crippen LogP contribution in [0.1, 0.15) is 70.9 Å². The van der Waals surface area contributed by atoms with Gasteiger partial charge in [-0.05, 0) is 43.1 Å². The van der Waals surface area contributed by atoms with Crippen LogP contribution in [0.3, 0.4) is 0 Å². The first-order valence-electron chi connectivity index (χ1n) is 11.8. The average molecular weight is 487 g/mol. The Labute approximate surface area is 202 Å². The summed E-state index contributed by atoms with van der Waals surface area (Å²) in [6.45, 7) is 6.07. The summed E-state index contributed by atoms with van der Waals surface area (Å²) in [5.74, 6) is 0.101. The van der Waals surface area contributed by atoms with E-state index < -0.39 is 5.91 Å². The molecule has 3 heterocycles. The van der Waals surface area contributed by atoms with Crippen LogP contribution in [0.4, 0.5) is 5.13 Å². The van der Waals surface area contributed by atoms with E-state index in [1.807, 2.05) is 0 Å². The van der Waals surface area contributed by atoms with Crippen molar-refractivity contribution in [3.63, 3.8) is 0 Å². The molecule has 4 N–H and O–H groups in total. The maximum absolute atomic E-state index is 12.5. The Morgan fingerprint density at radius 2 is 2.09 bits per heavy atom. The van der Waals surface area contributed by atoms with E-state index in [-0.39, 0.29) is 23.5 Å².